The smallest absolute Gasteiger partial charge is 0.410 e. The summed E-state index contributed by atoms with van der Waals surface area (Å²) in [5.41, 5.74) is -0.264. The standard InChI is InChI=1S/C18H35N3O2/c1-17(2,3)23-16(22)21-11-5-8-18(4,14-21)13-20-12-15-6-9-19-10-7-15/h15,19-20H,5-14H2,1-4H3. The third-order valence-corrected chi connectivity index (χ3v) is 4.88. The molecule has 2 rings (SSSR count). The molecule has 2 aliphatic rings. The van der Waals surface area contributed by atoms with Crippen LogP contribution in [0.25, 0.3) is 0 Å². The maximum Gasteiger partial charge on any atom is 0.410 e. The Morgan fingerprint density at radius 1 is 1.35 bits per heavy atom. The molecule has 0 spiro atoms. The summed E-state index contributed by atoms with van der Waals surface area (Å²) in [5.74, 6) is 0.797. The van der Waals surface area contributed by atoms with E-state index in [0.717, 1.165) is 51.6 Å². The van der Waals surface area contributed by atoms with E-state index in [4.69, 9.17) is 4.74 Å². The third kappa shape index (κ3) is 6.30. The molecule has 0 saturated carbocycles. The normalized spacial score (nSPS) is 27.0. The van der Waals surface area contributed by atoms with Crippen molar-refractivity contribution in [3.63, 3.8) is 0 Å². The van der Waals surface area contributed by atoms with Crippen LogP contribution in [0.5, 0.6) is 0 Å². The molecule has 5 nitrogen and oxygen atoms in total. The minimum absolute atomic E-state index is 0.155. The van der Waals surface area contributed by atoms with Crippen LogP contribution in [0, 0.1) is 11.3 Å². The van der Waals surface area contributed by atoms with Gasteiger partial charge < -0.3 is 20.3 Å². The molecule has 5 heteroatoms. The summed E-state index contributed by atoms with van der Waals surface area (Å²) in [4.78, 5) is 14.2. The molecule has 1 atom stereocenters. The highest BCUT2D eigenvalue weighted by Gasteiger charge is 2.34. The number of ether oxygens (including phenoxy) is 1. The van der Waals surface area contributed by atoms with Crippen molar-refractivity contribution in [2.45, 2.75) is 59.0 Å². The molecular formula is C18H35N3O2. The topological polar surface area (TPSA) is 53.6 Å². The molecule has 23 heavy (non-hydrogen) atoms. The van der Waals surface area contributed by atoms with Crippen molar-refractivity contribution in [1.29, 1.82) is 0 Å². The zero-order valence-electron chi connectivity index (χ0n) is 15.4. The zero-order chi connectivity index (χ0) is 16.9. The first-order valence-corrected chi connectivity index (χ1v) is 9.17. The van der Waals surface area contributed by atoms with Gasteiger partial charge in [0.1, 0.15) is 5.60 Å². The molecule has 2 aliphatic heterocycles. The van der Waals surface area contributed by atoms with E-state index in [0.29, 0.717) is 0 Å². The van der Waals surface area contributed by atoms with Crippen molar-refractivity contribution >= 4 is 6.09 Å². The van der Waals surface area contributed by atoms with E-state index >= 15 is 0 Å². The van der Waals surface area contributed by atoms with E-state index in [1.54, 1.807) is 0 Å². The first-order chi connectivity index (χ1) is 10.8. The number of nitrogens with zero attached hydrogens (tertiary/aromatic N) is 1. The average molecular weight is 325 g/mol. The molecule has 0 radical (unpaired) electrons. The summed E-state index contributed by atoms with van der Waals surface area (Å²) >= 11 is 0. The van der Waals surface area contributed by atoms with Crippen LogP contribution in [0.2, 0.25) is 0 Å². The second-order valence-electron chi connectivity index (χ2n) is 8.64. The Bertz CT molecular complexity index is 388. The molecule has 2 saturated heterocycles. The minimum atomic E-state index is -0.418. The number of rotatable bonds is 4. The maximum absolute atomic E-state index is 12.3. The monoisotopic (exact) mass is 325 g/mol. The Kier molecular flexibility index (Phi) is 6.32. The maximum atomic E-state index is 12.3. The zero-order valence-corrected chi connectivity index (χ0v) is 15.4. The summed E-state index contributed by atoms with van der Waals surface area (Å²) < 4.78 is 5.53. The predicted octanol–water partition coefficient (Wildman–Crippen LogP) is 2.61. The van der Waals surface area contributed by atoms with E-state index in [1.165, 1.54) is 19.3 Å². The summed E-state index contributed by atoms with van der Waals surface area (Å²) in [6.45, 7) is 14.1. The number of hydrogen-bond acceptors (Lipinski definition) is 4. The molecule has 2 fully saturated rings. The second-order valence-corrected chi connectivity index (χ2v) is 8.64. The lowest BCUT2D eigenvalue weighted by Crippen LogP contribution is -2.50. The van der Waals surface area contributed by atoms with Gasteiger partial charge in [-0.25, -0.2) is 4.79 Å². The molecule has 0 aliphatic carbocycles. The number of likely N-dealkylation sites (tertiary alicyclic amines) is 1. The van der Waals surface area contributed by atoms with Crippen molar-refractivity contribution in [2.24, 2.45) is 11.3 Å². The third-order valence-electron chi connectivity index (χ3n) is 4.88. The average Bonchev–Trinajstić information content (AvgIpc) is 2.46. The lowest BCUT2D eigenvalue weighted by molar-refractivity contribution is 0.00666. The first-order valence-electron chi connectivity index (χ1n) is 9.17. The number of nitrogens with one attached hydrogen (secondary N) is 2. The van der Waals surface area contributed by atoms with Gasteiger partial charge in [-0.15, -0.1) is 0 Å². The highest BCUT2D eigenvalue weighted by molar-refractivity contribution is 5.68. The predicted molar refractivity (Wildman–Crippen MR) is 93.6 cm³/mol. The van der Waals surface area contributed by atoms with Crippen LogP contribution >= 0.6 is 0 Å². The Hall–Kier alpha value is -0.810. The molecule has 0 aromatic carbocycles. The van der Waals surface area contributed by atoms with E-state index in [-0.39, 0.29) is 11.5 Å². The molecule has 0 aromatic rings. The molecular weight excluding hydrogens is 290 g/mol. The Balaban J connectivity index is 1.77. The lowest BCUT2D eigenvalue weighted by Gasteiger charge is -2.41. The number of amides is 1. The number of carbonyl (C=O) groups is 1. The van der Waals surface area contributed by atoms with Crippen LogP contribution in [-0.2, 0) is 4.74 Å². The van der Waals surface area contributed by atoms with Gasteiger partial charge >= 0.3 is 6.09 Å². The van der Waals surface area contributed by atoms with Gasteiger partial charge in [0.05, 0.1) is 0 Å². The number of carbonyl (C=O) groups excluding carboxylic acids is 1. The van der Waals surface area contributed by atoms with Crippen molar-refractivity contribution < 1.29 is 9.53 Å². The fourth-order valence-electron chi connectivity index (χ4n) is 3.61. The molecule has 1 amide bonds. The van der Waals surface area contributed by atoms with Crippen molar-refractivity contribution in [3.05, 3.63) is 0 Å². The van der Waals surface area contributed by atoms with Gasteiger partial charge in [0.15, 0.2) is 0 Å². The fraction of sp³-hybridized carbons (Fsp3) is 0.944. The highest BCUT2D eigenvalue weighted by atomic mass is 16.6. The van der Waals surface area contributed by atoms with E-state index in [1.807, 2.05) is 25.7 Å². The molecule has 0 bridgehead atoms. The van der Waals surface area contributed by atoms with Crippen LogP contribution in [0.3, 0.4) is 0 Å². The van der Waals surface area contributed by atoms with Crippen LogP contribution in [0.4, 0.5) is 4.79 Å². The molecule has 2 N–H and O–H groups in total. The van der Waals surface area contributed by atoms with E-state index in [2.05, 4.69) is 17.6 Å². The van der Waals surface area contributed by atoms with Crippen molar-refractivity contribution in [2.75, 3.05) is 39.3 Å². The summed E-state index contributed by atoms with van der Waals surface area (Å²) in [6, 6.07) is 0. The van der Waals surface area contributed by atoms with Gasteiger partial charge in [-0.3, -0.25) is 0 Å². The van der Waals surface area contributed by atoms with Gasteiger partial charge in [0, 0.05) is 19.6 Å². The second kappa shape index (κ2) is 7.84. The summed E-state index contributed by atoms with van der Waals surface area (Å²) in [5, 5.41) is 7.08. The first kappa shape index (κ1) is 18.5. The van der Waals surface area contributed by atoms with Gasteiger partial charge in [-0.1, -0.05) is 6.92 Å². The van der Waals surface area contributed by atoms with Crippen molar-refractivity contribution in [3.8, 4) is 0 Å². The fourth-order valence-corrected chi connectivity index (χ4v) is 3.61. The SMILES string of the molecule is CC1(CNCC2CCNCC2)CCCN(C(=O)OC(C)(C)C)C1. The van der Waals surface area contributed by atoms with Crippen LogP contribution in [0.15, 0.2) is 0 Å². The van der Waals surface area contributed by atoms with E-state index in [9.17, 15) is 4.79 Å². The Morgan fingerprint density at radius 2 is 2.04 bits per heavy atom. The van der Waals surface area contributed by atoms with Gasteiger partial charge in [-0.05, 0) is 77.4 Å². The minimum Gasteiger partial charge on any atom is -0.444 e. The summed E-state index contributed by atoms with van der Waals surface area (Å²) in [6.07, 6.45) is 4.61. The van der Waals surface area contributed by atoms with Crippen LogP contribution in [-0.4, -0.2) is 55.9 Å². The molecule has 0 aromatic heterocycles. The van der Waals surface area contributed by atoms with Crippen LogP contribution < -0.4 is 10.6 Å². The molecule has 2 heterocycles. The number of piperidine rings is 2. The Morgan fingerprint density at radius 3 is 2.70 bits per heavy atom. The molecule has 1 unspecified atom stereocenters. The summed E-state index contributed by atoms with van der Waals surface area (Å²) in [7, 11) is 0. The van der Waals surface area contributed by atoms with Crippen molar-refractivity contribution in [1.82, 2.24) is 15.5 Å². The van der Waals surface area contributed by atoms with Crippen LogP contribution in [0.1, 0.15) is 53.4 Å². The highest BCUT2D eigenvalue weighted by Crippen LogP contribution is 2.29. The largest absolute Gasteiger partial charge is 0.444 e. The number of hydrogen-bond donors (Lipinski definition) is 2. The van der Waals surface area contributed by atoms with Gasteiger partial charge in [-0.2, -0.15) is 0 Å². The quantitative estimate of drug-likeness (QED) is 0.834. The molecule has 134 valence electrons. The van der Waals surface area contributed by atoms with Gasteiger partial charge in [0.2, 0.25) is 0 Å². The lowest BCUT2D eigenvalue weighted by atomic mass is 9.81. The Labute approximate surface area is 141 Å². The van der Waals surface area contributed by atoms with Gasteiger partial charge in [0.25, 0.3) is 0 Å². The van der Waals surface area contributed by atoms with E-state index < -0.39 is 5.60 Å².